The van der Waals surface area contributed by atoms with Crippen molar-refractivity contribution >= 4 is 42.4 Å². The second kappa shape index (κ2) is 15.5. The van der Waals surface area contributed by atoms with Gasteiger partial charge >= 0.3 is 0 Å². The summed E-state index contributed by atoms with van der Waals surface area (Å²) < 4.78 is 12.7. The average molecular weight is 747 g/mol. The smallest absolute Gasteiger partial charge is 0.264 e. The van der Waals surface area contributed by atoms with E-state index < -0.39 is 19.8 Å². The van der Waals surface area contributed by atoms with Gasteiger partial charge in [0.05, 0.1) is 53.1 Å². The van der Waals surface area contributed by atoms with Crippen LogP contribution in [0.1, 0.15) is 30.0 Å². The highest BCUT2D eigenvalue weighted by Crippen LogP contribution is 2.60. The van der Waals surface area contributed by atoms with E-state index >= 15 is 4.79 Å². The number of piperazine rings is 1. The second-order valence-electron chi connectivity index (χ2n) is 15.2. The molecule has 3 amide bonds. The summed E-state index contributed by atoms with van der Waals surface area (Å²) in [6.07, 6.45) is -0.487. The molecule has 0 aromatic heterocycles. The van der Waals surface area contributed by atoms with Crippen LogP contribution in [0.15, 0.2) is 103 Å². The zero-order chi connectivity index (χ0) is 38.0. The van der Waals surface area contributed by atoms with Crippen molar-refractivity contribution in [1.82, 2.24) is 10.2 Å². The van der Waals surface area contributed by atoms with Gasteiger partial charge in [-0.2, -0.15) is 0 Å². The summed E-state index contributed by atoms with van der Waals surface area (Å²) in [6.45, 7) is 9.03. The zero-order valence-electron chi connectivity index (χ0n) is 31.5. The maximum absolute atomic E-state index is 15.2. The van der Waals surface area contributed by atoms with E-state index in [0.717, 1.165) is 40.4 Å². The minimum Gasteiger partial charge on any atom is -0.497 e. The Kier molecular flexibility index (Phi) is 10.8. The number of anilines is 2. The molecule has 7 rings (SSSR count). The summed E-state index contributed by atoms with van der Waals surface area (Å²) in [5.74, 6) is 0.244. The Labute approximate surface area is 318 Å². The Balaban J connectivity index is 1.25. The fourth-order valence-electron chi connectivity index (χ4n) is 9.03. The lowest BCUT2D eigenvalue weighted by molar-refractivity contribution is -0.150. The molecule has 3 aliphatic rings. The van der Waals surface area contributed by atoms with E-state index in [2.05, 4.69) is 37.5 Å². The van der Waals surface area contributed by atoms with Crippen molar-refractivity contribution in [1.29, 1.82) is 0 Å². The third-order valence-electron chi connectivity index (χ3n) is 11.7. The number of hydrogen-bond acceptors (Lipinski definition) is 7. The van der Waals surface area contributed by atoms with Crippen molar-refractivity contribution < 1.29 is 29.0 Å². The highest BCUT2D eigenvalue weighted by Gasteiger charge is 2.66. The molecule has 4 atom stereocenters. The molecule has 2 saturated heterocycles. The molecule has 11 heteroatoms. The molecule has 0 radical (unpaired) electrons. The molecule has 0 saturated carbocycles. The number of para-hydroxylation sites is 1. The number of rotatable bonds is 12. The highest BCUT2D eigenvalue weighted by molar-refractivity contribution is 6.91. The van der Waals surface area contributed by atoms with Gasteiger partial charge in [-0.1, -0.05) is 98.0 Å². The monoisotopic (exact) mass is 746 g/mol. The summed E-state index contributed by atoms with van der Waals surface area (Å²) >= 11 is 0. The molecule has 3 heterocycles. The van der Waals surface area contributed by atoms with E-state index in [-0.39, 0.29) is 48.8 Å². The van der Waals surface area contributed by atoms with Crippen LogP contribution in [0, 0.1) is 5.92 Å². The van der Waals surface area contributed by atoms with Gasteiger partial charge in [-0.25, -0.2) is 0 Å². The summed E-state index contributed by atoms with van der Waals surface area (Å²) in [7, 11) is -0.838. The van der Waals surface area contributed by atoms with Crippen molar-refractivity contribution in [3.8, 4) is 5.75 Å². The molecule has 2 N–H and O–H groups in total. The molecule has 0 aliphatic carbocycles. The zero-order valence-corrected chi connectivity index (χ0v) is 32.5. The minimum absolute atomic E-state index is 0.0183. The maximum atomic E-state index is 15.2. The fraction of sp³-hybridized carbons (Fsp3) is 0.372. The van der Waals surface area contributed by atoms with E-state index in [1.165, 1.54) is 5.19 Å². The molecule has 0 unspecified atom stereocenters. The Hall–Kier alpha value is -4.81. The number of aliphatic hydroxyl groups excluding tert-OH is 1. The van der Waals surface area contributed by atoms with Gasteiger partial charge in [0, 0.05) is 43.3 Å². The van der Waals surface area contributed by atoms with Crippen molar-refractivity contribution in [3.05, 3.63) is 120 Å². The number of fused-ring (bicyclic) bond motifs is 2. The summed E-state index contributed by atoms with van der Waals surface area (Å²) in [5.41, 5.74) is 2.86. The van der Waals surface area contributed by atoms with Gasteiger partial charge in [-0.3, -0.25) is 14.4 Å². The lowest BCUT2D eigenvalue weighted by Crippen LogP contribution is -2.52. The Morgan fingerprint density at radius 1 is 0.981 bits per heavy atom. The summed E-state index contributed by atoms with van der Waals surface area (Å²) in [5, 5.41) is 14.3. The topological polar surface area (TPSA) is 112 Å². The number of carbonyl (C=O) groups excluding carboxylic acids is 3. The molecule has 4 aromatic rings. The van der Waals surface area contributed by atoms with Gasteiger partial charge in [0.15, 0.2) is 5.60 Å². The normalized spacial score (nSPS) is 22.5. The number of nitrogens with zero attached hydrogens (tertiary/aromatic N) is 3. The number of methoxy groups -OCH3 is 1. The SMILES string of the molecule is COc1ccc([Si](C)(C)[C@H]2[C@H](CC(=O)N(CCO)Cc3ccccc3)O[C@@]3(C(=O)N(Cc4cccc(N5CCNCC5=O)c4)c4ccccc43)[C@@H]2C)cc1. The Morgan fingerprint density at radius 2 is 1.70 bits per heavy atom. The largest absolute Gasteiger partial charge is 0.497 e. The maximum Gasteiger partial charge on any atom is 0.264 e. The van der Waals surface area contributed by atoms with Crippen LogP contribution in [0.3, 0.4) is 0 Å². The van der Waals surface area contributed by atoms with E-state index in [9.17, 15) is 14.7 Å². The minimum atomic E-state index is -2.49. The van der Waals surface area contributed by atoms with Crippen LogP contribution in [-0.4, -0.2) is 81.8 Å². The number of hydrogen-bond donors (Lipinski definition) is 2. The van der Waals surface area contributed by atoms with Crippen LogP contribution < -0.4 is 25.0 Å². The first-order valence-electron chi connectivity index (χ1n) is 18.8. The molecule has 54 heavy (non-hydrogen) atoms. The van der Waals surface area contributed by atoms with Crippen LogP contribution in [-0.2, 0) is 37.8 Å². The predicted octanol–water partition coefficient (Wildman–Crippen LogP) is 4.81. The quantitative estimate of drug-likeness (QED) is 0.201. The number of nitrogens with one attached hydrogen (secondary N) is 1. The molecule has 2 fully saturated rings. The summed E-state index contributed by atoms with van der Waals surface area (Å²) in [6, 6.07) is 33.7. The van der Waals surface area contributed by atoms with Gasteiger partial charge < -0.3 is 34.6 Å². The molecule has 1 spiro atoms. The first kappa shape index (κ1) is 37.5. The van der Waals surface area contributed by atoms with Gasteiger partial charge in [-0.05, 0) is 47.0 Å². The lowest BCUT2D eigenvalue weighted by Gasteiger charge is -2.37. The van der Waals surface area contributed by atoms with Crippen molar-refractivity contribution in [3.63, 3.8) is 0 Å². The number of aliphatic hydroxyl groups is 1. The lowest BCUT2D eigenvalue weighted by atomic mass is 9.82. The van der Waals surface area contributed by atoms with Gasteiger partial charge in [-0.15, -0.1) is 0 Å². The fourth-order valence-corrected chi connectivity index (χ4v) is 13.0. The molecular weight excluding hydrogens is 697 g/mol. The Morgan fingerprint density at radius 3 is 2.43 bits per heavy atom. The average Bonchev–Trinajstić information content (AvgIpc) is 3.61. The number of amides is 3. The third-order valence-corrected chi connectivity index (χ3v) is 16.1. The number of ether oxygens (including phenoxy) is 2. The molecule has 10 nitrogen and oxygen atoms in total. The van der Waals surface area contributed by atoms with Crippen LogP contribution in [0.5, 0.6) is 5.75 Å². The van der Waals surface area contributed by atoms with E-state index in [0.29, 0.717) is 26.2 Å². The highest BCUT2D eigenvalue weighted by atomic mass is 28.3. The third kappa shape index (κ3) is 6.85. The van der Waals surface area contributed by atoms with Crippen molar-refractivity contribution in [2.45, 2.75) is 56.8 Å². The first-order valence-corrected chi connectivity index (χ1v) is 21.9. The molecule has 0 bridgehead atoms. The van der Waals surface area contributed by atoms with E-state index in [4.69, 9.17) is 9.47 Å². The molecule has 3 aliphatic heterocycles. The summed E-state index contributed by atoms with van der Waals surface area (Å²) in [4.78, 5) is 47.6. The molecule has 282 valence electrons. The van der Waals surface area contributed by atoms with Crippen molar-refractivity contribution in [2.24, 2.45) is 5.92 Å². The van der Waals surface area contributed by atoms with Crippen LogP contribution in [0.2, 0.25) is 18.6 Å². The van der Waals surface area contributed by atoms with E-state index in [1.807, 2.05) is 95.9 Å². The van der Waals surface area contributed by atoms with Gasteiger partial charge in [0.25, 0.3) is 5.91 Å². The second-order valence-corrected chi connectivity index (χ2v) is 19.9. The van der Waals surface area contributed by atoms with Gasteiger partial charge in [0.2, 0.25) is 11.8 Å². The van der Waals surface area contributed by atoms with Crippen LogP contribution in [0.4, 0.5) is 11.4 Å². The number of carbonyl (C=O) groups is 3. The molecule has 4 aromatic carbocycles. The van der Waals surface area contributed by atoms with Crippen molar-refractivity contribution in [2.75, 3.05) is 49.7 Å². The van der Waals surface area contributed by atoms with E-state index in [1.54, 1.807) is 16.9 Å². The van der Waals surface area contributed by atoms with Gasteiger partial charge in [0.1, 0.15) is 5.75 Å². The van der Waals surface area contributed by atoms with Crippen LogP contribution >= 0.6 is 0 Å². The van der Waals surface area contributed by atoms with Crippen LogP contribution in [0.25, 0.3) is 0 Å². The number of benzene rings is 4. The standard InChI is InChI=1S/C43H50N4O6Si/c1-30-41(54(3,4)35-19-17-34(52-2)18-20-35)38(26-39(49)45(23-24-48)28-31-11-6-5-7-12-31)53-43(30)36-15-8-9-16-37(36)47(42(43)51)29-32-13-10-14-33(25-32)46-22-21-44-27-40(46)50/h5-20,25,30,38,41,44,48H,21-24,26-29H2,1-4H3/t30-,38+,41-,43+/m1/s1. The first-order chi connectivity index (χ1) is 26.1. The predicted molar refractivity (Wildman–Crippen MR) is 212 cm³/mol. The Bertz CT molecular complexity index is 1990. The molecular formula is C43H50N4O6Si.